The lowest BCUT2D eigenvalue weighted by Crippen LogP contribution is -2.21. The number of furan rings is 1. The maximum Gasteiger partial charge on any atom is 0.196 e. The van der Waals surface area contributed by atoms with Gasteiger partial charge in [0.2, 0.25) is 0 Å². The van der Waals surface area contributed by atoms with Gasteiger partial charge in [-0.2, -0.15) is 0 Å². The van der Waals surface area contributed by atoms with Crippen molar-refractivity contribution in [2.24, 2.45) is 0 Å². The first-order valence-electron chi connectivity index (χ1n) is 15.2. The van der Waals surface area contributed by atoms with Crippen LogP contribution in [0.4, 0.5) is 0 Å². The second-order valence-corrected chi connectivity index (χ2v) is 10.3. The van der Waals surface area contributed by atoms with Crippen molar-refractivity contribution in [3.8, 4) is 34.3 Å². The molecule has 1 atom stereocenters. The van der Waals surface area contributed by atoms with Crippen LogP contribution >= 0.6 is 0 Å². The number of ether oxygens (including phenoxy) is 5. The highest BCUT2D eigenvalue weighted by atomic mass is 16.5. The fourth-order valence-corrected chi connectivity index (χ4v) is 4.44. The molecule has 0 radical (unpaired) electrons. The minimum absolute atomic E-state index is 0.304. The summed E-state index contributed by atoms with van der Waals surface area (Å²) in [7, 11) is 6.27. The predicted molar refractivity (Wildman–Crippen MR) is 185 cm³/mol. The highest BCUT2D eigenvalue weighted by molar-refractivity contribution is 6.00. The van der Waals surface area contributed by atoms with Gasteiger partial charge in [0.1, 0.15) is 55.5 Å². The van der Waals surface area contributed by atoms with E-state index in [0.29, 0.717) is 28.4 Å². The van der Waals surface area contributed by atoms with Crippen LogP contribution in [-0.4, -0.2) is 87.5 Å². The third kappa shape index (κ3) is 11.0. The highest BCUT2D eigenvalue weighted by Gasteiger charge is 2.25. The van der Waals surface area contributed by atoms with E-state index in [9.17, 15) is 14.4 Å². The number of benzene rings is 4. The Bertz CT molecular complexity index is 1790. The van der Waals surface area contributed by atoms with Gasteiger partial charge >= 0.3 is 0 Å². The van der Waals surface area contributed by atoms with Crippen molar-refractivity contribution >= 4 is 28.3 Å². The van der Waals surface area contributed by atoms with Gasteiger partial charge in [0.25, 0.3) is 0 Å². The van der Waals surface area contributed by atoms with E-state index in [4.69, 9.17) is 43.4 Å². The van der Waals surface area contributed by atoms with Crippen LogP contribution in [0, 0.1) is 0 Å². The highest BCUT2D eigenvalue weighted by Crippen LogP contribution is 2.36. The molecule has 0 amide bonds. The van der Waals surface area contributed by atoms with E-state index in [1.165, 1.54) is 14.2 Å². The van der Waals surface area contributed by atoms with Gasteiger partial charge in [0, 0.05) is 28.6 Å². The molecule has 264 valence electrons. The molecule has 0 aliphatic rings. The normalized spacial score (nSPS) is 10.9. The largest absolute Gasteiger partial charge is 0.497 e. The summed E-state index contributed by atoms with van der Waals surface area (Å²) in [5, 5.41) is 25.5. The summed E-state index contributed by atoms with van der Waals surface area (Å²) in [6, 6.07) is 29.3. The number of rotatable bonds is 14. The molecule has 12 heteroatoms. The van der Waals surface area contributed by atoms with Gasteiger partial charge in [-0.25, -0.2) is 0 Å². The average molecular weight is 689 g/mol. The van der Waals surface area contributed by atoms with Crippen LogP contribution < -0.4 is 18.9 Å². The van der Waals surface area contributed by atoms with Crippen molar-refractivity contribution in [3.05, 3.63) is 108 Å². The standard InChI is InChI=1S/C19H20O6.C16H14O3.C3H6O3/c1-23-16-8-14(9-17(10-16)24-2)19(25-12-15(21)11-20)18(22)13-6-4-3-5-7-13;1-17-13-8-12-9-14(11-6-4-3-5-7-11)19-16(12)15(10-13)18-2;4-1-3(6)2-5/h3-10,19-20H,11-12H2,1-2H3;3-10H,1-2H3;4-5H,1-2H2. The third-order valence-electron chi connectivity index (χ3n) is 6.98. The first-order valence-corrected chi connectivity index (χ1v) is 15.2. The fourth-order valence-electron chi connectivity index (χ4n) is 4.44. The Kier molecular flexibility index (Phi) is 15.6. The van der Waals surface area contributed by atoms with Crippen molar-refractivity contribution in [1.82, 2.24) is 0 Å². The van der Waals surface area contributed by atoms with Gasteiger partial charge in [-0.3, -0.25) is 14.4 Å². The Morgan fingerprint density at radius 2 is 1.18 bits per heavy atom. The number of aliphatic hydroxyl groups excluding tert-OH is 3. The van der Waals surface area contributed by atoms with E-state index in [-0.39, 0.29) is 12.4 Å². The number of carbonyl (C=O) groups excluding carboxylic acids is 3. The summed E-state index contributed by atoms with van der Waals surface area (Å²) in [4.78, 5) is 34.0. The number of fused-ring (bicyclic) bond motifs is 1. The summed E-state index contributed by atoms with van der Waals surface area (Å²) >= 11 is 0. The second-order valence-electron chi connectivity index (χ2n) is 10.3. The maximum atomic E-state index is 12.9. The van der Waals surface area contributed by atoms with E-state index in [0.717, 1.165) is 28.0 Å². The van der Waals surface area contributed by atoms with E-state index in [1.807, 2.05) is 48.5 Å². The number of carbonyl (C=O) groups is 3. The van der Waals surface area contributed by atoms with E-state index in [2.05, 4.69) is 0 Å². The number of Topliss-reactive ketones (excluding diaryl/α,β-unsaturated/α-hetero) is 3. The Morgan fingerprint density at radius 1 is 0.640 bits per heavy atom. The molecule has 3 N–H and O–H groups in total. The fraction of sp³-hybridized carbons (Fsp3) is 0.237. The monoisotopic (exact) mass is 688 g/mol. The summed E-state index contributed by atoms with van der Waals surface area (Å²) in [6.07, 6.45) is -1.03. The minimum Gasteiger partial charge on any atom is -0.497 e. The molecule has 1 unspecified atom stereocenters. The zero-order valence-electron chi connectivity index (χ0n) is 28.2. The molecule has 0 aliphatic carbocycles. The van der Waals surface area contributed by atoms with Crippen LogP contribution in [0.2, 0.25) is 0 Å². The van der Waals surface area contributed by atoms with E-state index in [1.54, 1.807) is 62.8 Å². The zero-order valence-corrected chi connectivity index (χ0v) is 28.2. The van der Waals surface area contributed by atoms with Crippen LogP contribution in [-0.2, 0) is 14.3 Å². The van der Waals surface area contributed by atoms with Crippen LogP contribution in [0.1, 0.15) is 22.0 Å². The molecule has 0 saturated carbocycles. The molecule has 0 bridgehead atoms. The van der Waals surface area contributed by atoms with E-state index >= 15 is 0 Å². The van der Waals surface area contributed by atoms with Crippen molar-refractivity contribution in [2.75, 3.05) is 54.9 Å². The van der Waals surface area contributed by atoms with Gasteiger partial charge in [-0.1, -0.05) is 60.7 Å². The van der Waals surface area contributed by atoms with Crippen LogP contribution in [0.15, 0.2) is 101 Å². The minimum atomic E-state index is -1.03. The average Bonchev–Trinajstić information content (AvgIpc) is 3.62. The second kappa shape index (κ2) is 20.1. The first-order chi connectivity index (χ1) is 24.2. The summed E-state index contributed by atoms with van der Waals surface area (Å²) < 4.78 is 32.5. The lowest BCUT2D eigenvalue weighted by atomic mass is 9.99. The number of hydrogen-bond donors (Lipinski definition) is 3. The lowest BCUT2D eigenvalue weighted by Gasteiger charge is -2.18. The van der Waals surface area contributed by atoms with Crippen molar-refractivity contribution in [2.45, 2.75) is 6.10 Å². The van der Waals surface area contributed by atoms with E-state index < -0.39 is 37.5 Å². The van der Waals surface area contributed by atoms with Crippen molar-refractivity contribution in [1.29, 1.82) is 0 Å². The van der Waals surface area contributed by atoms with Gasteiger partial charge in [-0.05, 0) is 29.8 Å². The molecule has 0 saturated heterocycles. The Morgan fingerprint density at radius 3 is 1.68 bits per heavy atom. The molecular formula is C38H40O12. The molecule has 5 aromatic rings. The molecule has 12 nitrogen and oxygen atoms in total. The topological polar surface area (TPSA) is 171 Å². The van der Waals surface area contributed by atoms with Crippen LogP contribution in [0.25, 0.3) is 22.3 Å². The smallest absolute Gasteiger partial charge is 0.196 e. The summed E-state index contributed by atoms with van der Waals surface area (Å²) in [5.74, 6) is 1.88. The Hall–Kier alpha value is -5.53. The Balaban J connectivity index is 0.000000238. The molecule has 1 heterocycles. The summed E-state index contributed by atoms with van der Waals surface area (Å²) in [5.41, 5.74) is 2.73. The maximum absolute atomic E-state index is 12.9. The molecule has 0 spiro atoms. The molecule has 0 aliphatic heterocycles. The van der Waals surface area contributed by atoms with Gasteiger partial charge in [0.05, 0.1) is 28.4 Å². The molecule has 4 aromatic carbocycles. The van der Waals surface area contributed by atoms with Crippen LogP contribution in [0.3, 0.4) is 0 Å². The van der Waals surface area contributed by atoms with Crippen molar-refractivity contribution < 1.29 is 57.8 Å². The third-order valence-corrected chi connectivity index (χ3v) is 6.98. The molecule has 1 aromatic heterocycles. The zero-order chi connectivity index (χ0) is 36.5. The van der Waals surface area contributed by atoms with Gasteiger partial charge < -0.3 is 43.4 Å². The van der Waals surface area contributed by atoms with Crippen molar-refractivity contribution in [3.63, 3.8) is 0 Å². The first kappa shape index (κ1) is 38.9. The number of hydrogen-bond acceptors (Lipinski definition) is 12. The summed E-state index contributed by atoms with van der Waals surface area (Å²) in [6.45, 7) is -2.14. The Labute approximate surface area is 289 Å². The molecular weight excluding hydrogens is 648 g/mol. The number of aliphatic hydroxyl groups is 3. The molecule has 0 fully saturated rings. The number of methoxy groups -OCH3 is 4. The molecule has 50 heavy (non-hydrogen) atoms. The predicted octanol–water partition coefficient (Wildman–Crippen LogP) is 4.86. The van der Waals surface area contributed by atoms with Gasteiger partial charge in [-0.15, -0.1) is 0 Å². The molecule has 5 rings (SSSR count). The van der Waals surface area contributed by atoms with Gasteiger partial charge in [0.15, 0.2) is 28.7 Å². The quantitative estimate of drug-likeness (QED) is 0.136. The lowest BCUT2D eigenvalue weighted by molar-refractivity contribution is -0.127. The number of ketones is 3. The SMILES string of the molecule is COc1cc(OC)c2oc(-c3ccccc3)cc2c1.COc1cc(OC)cc(C(OCC(=O)CO)C(=O)c2ccccc2)c1.O=C(CO)CO. The van der Waals surface area contributed by atoms with Crippen LogP contribution in [0.5, 0.6) is 23.0 Å².